The number of hydrogen-bond donors (Lipinski definition) is 2. The van der Waals surface area contributed by atoms with Gasteiger partial charge in [-0.2, -0.15) is 8.42 Å². The van der Waals surface area contributed by atoms with Gasteiger partial charge < -0.3 is 5.32 Å². The number of nitrogens with one attached hydrogen (secondary N) is 1. The predicted octanol–water partition coefficient (Wildman–Crippen LogP) is -0.218. The van der Waals surface area contributed by atoms with Gasteiger partial charge in [0.25, 0.3) is 10.1 Å². The monoisotopic (exact) mass is 257 g/mol. The van der Waals surface area contributed by atoms with Crippen molar-refractivity contribution >= 4 is 20.0 Å². The summed E-state index contributed by atoms with van der Waals surface area (Å²) >= 11 is 0. The van der Waals surface area contributed by atoms with Crippen LogP contribution < -0.4 is 5.32 Å². The fourth-order valence-corrected chi connectivity index (χ4v) is 0.897. The van der Waals surface area contributed by atoms with E-state index >= 15 is 0 Å². The fraction of sp³-hybridized carbons (Fsp3) is 0.429. The van der Waals surface area contributed by atoms with Crippen LogP contribution in [0.3, 0.4) is 0 Å². The second kappa shape index (κ2) is 7.57. The average Bonchev–Trinajstić information content (AvgIpc) is 2.15. The molecule has 2 N–H and O–H groups in total. The van der Waals surface area contributed by atoms with Crippen molar-refractivity contribution in [3.8, 4) is 0 Å². The summed E-state index contributed by atoms with van der Waals surface area (Å²) in [6.07, 6.45) is 0. The first-order chi connectivity index (χ1) is 6.68. The van der Waals surface area contributed by atoms with Crippen LogP contribution >= 0.6 is 0 Å². The van der Waals surface area contributed by atoms with E-state index in [0.29, 0.717) is 6.54 Å². The van der Waals surface area contributed by atoms with Crippen LogP contribution in [0.2, 0.25) is 0 Å². The third kappa shape index (κ3) is 16.0. The van der Waals surface area contributed by atoms with Gasteiger partial charge in [0.05, 0.1) is 5.75 Å². The summed E-state index contributed by atoms with van der Waals surface area (Å²) in [5.41, 5.74) is 0. The Balaban J connectivity index is 0. The molecule has 0 heterocycles. The van der Waals surface area contributed by atoms with Crippen molar-refractivity contribution in [1.82, 2.24) is 5.32 Å². The molecule has 15 heavy (non-hydrogen) atoms. The molecule has 0 spiro atoms. The van der Waals surface area contributed by atoms with E-state index in [1.54, 1.807) is 7.05 Å². The van der Waals surface area contributed by atoms with Gasteiger partial charge in [0.1, 0.15) is 0 Å². The Morgan fingerprint density at radius 3 is 1.67 bits per heavy atom. The Hall–Kier alpha value is -0.700. The van der Waals surface area contributed by atoms with Gasteiger partial charge in [0, 0.05) is 17.4 Å². The van der Waals surface area contributed by atoms with Crippen molar-refractivity contribution in [3.05, 3.63) is 24.0 Å². The van der Waals surface area contributed by atoms with Gasteiger partial charge >= 0.3 is 0 Å². The summed E-state index contributed by atoms with van der Waals surface area (Å²) in [5.74, 6) is -0.219. The lowest BCUT2D eigenvalue weighted by molar-refractivity contribution is 0.481. The molecule has 0 radical (unpaired) electrons. The van der Waals surface area contributed by atoms with Crippen LogP contribution in [0.4, 0.5) is 0 Å². The molecule has 0 atom stereocenters. The highest BCUT2D eigenvalue weighted by molar-refractivity contribution is 7.97. The van der Waals surface area contributed by atoms with Crippen LogP contribution in [0.5, 0.6) is 0 Å². The third-order valence-corrected chi connectivity index (χ3v) is 2.72. The summed E-state index contributed by atoms with van der Waals surface area (Å²) in [7, 11) is -5.26. The van der Waals surface area contributed by atoms with E-state index in [2.05, 4.69) is 18.5 Å². The number of sulfone groups is 1. The van der Waals surface area contributed by atoms with Gasteiger partial charge in [0.2, 0.25) is 0 Å². The van der Waals surface area contributed by atoms with Crippen LogP contribution in [0, 0.1) is 0 Å². The van der Waals surface area contributed by atoms with Gasteiger partial charge in [0.15, 0.2) is 9.84 Å². The van der Waals surface area contributed by atoms with Crippen LogP contribution in [0.1, 0.15) is 0 Å². The van der Waals surface area contributed by atoms with E-state index in [0.717, 1.165) is 10.8 Å². The largest absolute Gasteiger partial charge is 0.319 e. The molecule has 0 aliphatic heterocycles. The first kappa shape index (κ1) is 16.7. The highest BCUT2D eigenvalue weighted by Gasteiger charge is 2.00. The summed E-state index contributed by atoms with van der Waals surface area (Å²) in [4.78, 5) is 0. The number of rotatable bonds is 5. The highest BCUT2D eigenvalue weighted by atomic mass is 32.2. The fourth-order valence-electron chi connectivity index (χ4n) is 0.299. The zero-order valence-corrected chi connectivity index (χ0v) is 10.0. The van der Waals surface area contributed by atoms with Gasteiger partial charge in [-0.15, -0.1) is 0 Å². The normalized spacial score (nSPS) is 11.1. The first-order valence-corrected chi connectivity index (χ1v) is 7.00. The molecule has 8 heteroatoms. The van der Waals surface area contributed by atoms with Crippen molar-refractivity contribution in [2.24, 2.45) is 0 Å². The molecule has 0 aliphatic rings. The SMILES string of the molecule is C=CS(=O)(=O)C=C.CNCCS(=O)(=O)O. The minimum atomic E-state index is -3.75. The quantitative estimate of drug-likeness (QED) is 0.660. The van der Waals surface area contributed by atoms with Crippen molar-refractivity contribution in [2.45, 2.75) is 0 Å². The maximum absolute atomic E-state index is 10.1. The Labute approximate surface area is 90.4 Å². The van der Waals surface area contributed by atoms with Crippen molar-refractivity contribution in [2.75, 3.05) is 19.3 Å². The Bertz CT molecular complexity index is 368. The molecule has 0 saturated carbocycles. The zero-order valence-electron chi connectivity index (χ0n) is 8.38. The third-order valence-electron chi connectivity index (χ3n) is 1.07. The summed E-state index contributed by atoms with van der Waals surface area (Å²) < 4.78 is 48.2. The van der Waals surface area contributed by atoms with Gasteiger partial charge in [-0.05, 0) is 7.05 Å². The Morgan fingerprint density at radius 1 is 1.20 bits per heavy atom. The first-order valence-electron chi connectivity index (χ1n) is 3.78. The van der Waals surface area contributed by atoms with Crippen LogP contribution in [-0.2, 0) is 20.0 Å². The van der Waals surface area contributed by atoms with Crippen LogP contribution in [0.15, 0.2) is 24.0 Å². The zero-order chi connectivity index (χ0) is 12.5. The molecule has 0 aromatic carbocycles. The maximum atomic E-state index is 10.1. The lowest BCUT2D eigenvalue weighted by Crippen LogP contribution is -2.18. The molecule has 0 saturated heterocycles. The summed E-state index contributed by atoms with van der Waals surface area (Å²) in [5, 5.41) is 4.28. The predicted molar refractivity (Wildman–Crippen MR) is 59.7 cm³/mol. The molecular formula is C7H15NO5S2. The molecule has 0 rings (SSSR count). The Morgan fingerprint density at radius 2 is 1.60 bits per heavy atom. The van der Waals surface area contributed by atoms with E-state index in [-0.39, 0.29) is 5.75 Å². The van der Waals surface area contributed by atoms with Gasteiger partial charge in [-0.3, -0.25) is 4.55 Å². The lowest BCUT2D eigenvalue weighted by Gasteiger charge is -1.92. The minimum absolute atomic E-state index is 0.219. The van der Waals surface area contributed by atoms with E-state index in [1.165, 1.54) is 0 Å². The summed E-state index contributed by atoms with van der Waals surface area (Å²) in [6.45, 7) is 6.38. The minimum Gasteiger partial charge on any atom is -0.319 e. The van der Waals surface area contributed by atoms with Crippen LogP contribution in [0.25, 0.3) is 0 Å². The topological polar surface area (TPSA) is 101 Å². The molecule has 0 aliphatic carbocycles. The molecule has 0 aromatic rings. The molecular weight excluding hydrogens is 242 g/mol. The smallest absolute Gasteiger partial charge is 0.266 e. The Kier molecular flexibility index (Phi) is 8.44. The standard InChI is InChI=1S/C4H6O2S.C3H9NO3S/c1-3-7(5,6)4-2;1-4-2-3-8(5,6)7/h3-4H,1-2H2;4H,2-3H2,1H3,(H,5,6,7). The van der Waals surface area contributed by atoms with Gasteiger partial charge in [-0.25, -0.2) is 8.42 Å². The molecule has 0 unspecified atom stereocenters. The average molecular weight is 257 g/mol. The van der Waals surface area contributed by atoms with E-state index in [1.807, 2.05) is 0 Å². The second-order valence-corrected chi connectivity index (χ2v) is 5.73. The number of hydrogen-bond acceptors (Lipinski definition) is 5. The summed E-state index contributed by atoms with van der Waals surface area (Å²) in [6, 6.07) is 0. The van der Waals surface area contributed by atoms with E-state index < -0.39 is 20.0 Å². The molecule has 0 aromatic heterocycles. The van der Waals surface area contributed by atoms with Crippen molar-refractivity contribution in [1.29, 1.82) is 0 Å². The van der Waals surface area contributed by atoms with Crippen LogP contribution in [-0.4, -0.2) is 40.7 Å². The lowest BCUT2D eigenvalue weighted by atomic mass is 10.8. The van der Waals surface area contributed by atoms with Gasteiger partial charge in [-0.1, -0.05) is 13.2 Å². The molecule has 0 fully saturated rings. The molecule has 0 bridgehead atoms. The van der Waals surface area contributed by atoms with E-state index in [9.17, 15) is 16.8 Å². The van der Waals surface area contributed by atoms with Crippen molar-refractivity contribution in [3.63, 3.8) is 0 Å². The maximum Gasteiger partial charge on any atom is 0.266 e. The van der Waals surface area contributed by atoms with Crippen molar-refractivity contribution < 1.29 is 21.4 Å². The molecule has 6 nitrogen and oxygen atoms in total. The second-order valence-electron chi connectivity index (χ2n) is 2.31. The highest BCUT2D eigenvalue weighted by Crippen LogP contribution is 1.87. The molecule has 0 amide bonds. The van der Waals surface area contributed by atoms with E-state index in [4.69, 9.17) is 4.55 Å². The molecule has 90 valence electrons.